The van der Waals surface area contributed by atoms with Crippen molar-refractivity contribution in [3.8, 4) is 5.75 Å². The summed E-state index contributed by atoms with van der Waals surface area (Å²) in [4.78, 5) is 0. The van der Waals surface area contributed by atoms with Crippen molar-refractivity contribution < 1.29 is 4.74 Å². The van der Waals surface area contributed by atoms with E-state index in [2.05, 4.69) is 12.0 Å². The molecule has 0 aliphatic carbocycles. The Kier molecular flexibility index (Phi) is 4.87. The van der Waals surface area contributed by atoms with E-state index in [1.807, 2.05) is 37.3 Å². The first-order valence-electron chi connectivity index (χ1n) is 5.11. The van der Waals surface area contributed by atoms with Crippen LogP contribution in [0, 0.1) is 0 Å². The summed E-state index contributed by atoms with van der Waals surface area (Å²) in [6.07, 6.45) is 2.66. The summed E-state index contributed by atoms with van der Waals surface area (Å²) in [6, 6.07) is 8.05. The van der Waals surface area contributed by atoms with Gasteiger partial charge >= 0.3 is 0 Å². The largest absolute Gasteiger partial charge is 0.494 e. The second kappa shape index (κ2) is 6.22. The van der Waals surface area contributed by atoms with E-state index in [1.165, 1.54) is 0 Å². The maximum atomic E-state index is 5.46. The van der Waals surface area contributed by atoms with E-state index in [4.69, 9.17) is 10.6 Å². The molecule has 82 valence electrons. The summed E-state index contributed by atoms with van der Waals surface area (Å²) in [5, 5.41) is 0. The number of hydrogen-bond donors (Lipinski definition) is 2. The van der Waals surface area contributed by atoms with Crippen LogP contribution < -0.4 is 16.0 Å². The Bertz CT molecular complexity index is 295. The first-order chi connectivity index (χ1) is 7.31. The van der Waals surface area contributed by atoms with Crippen LogP contribution in [0.3, 0.4) is 0 Å². The second-order valence-corrected chi connectivity index (χ2v) is 3.25. The van der Waals surface area contributed by atoms with E-state index in [1.54, 1.807) is 0 Å². The minimum Gasteiger partial charge on any atom is -0.494 e. The Balaban J connectivity index is 2.72. The van der Waals surface area contributed by atoms with Crippen LogP contribution in [0.2, 0.25) is 0 Å². The Morgan fingerprint density at radius 2 is 2.13 bits per heavy atom. The van der Waals surface area contributed by atoms with Crippen LogP contribution in [-0.2, 0) is 0 Å². The molecule has 3 nitrogen and oxygen atoms in total. The van der Waals surface area contributed by atoms with E-state index in [-0.39, 0.29) is 6.04 Å². The molecule has 0 saturated heterocycles. The topological polar surface area (TPSA) is 47.3 Å². The van der Waals surface area contributed by atoms with Gasteiger partial charge in [-0.25, -0.2) is 0 Å². The molecule has 0 heterocycles. The molecule has 0 bridgehead atoms. The number of rotatable bonds is 6. The number of ether oxygens (including phenoxy) is 1. The van der Waals surface area contributed by atoms with Gasteiger partial charge in [-0.05, 0) is 31.0 Å². The Morgan fingerprint density at radius 1 is 1.47 bits per heavy atom. The summed E-state index contributed by atoms with van der Waals surface area (Å²) in [7, 11) is 0. The summed E-state index contributed by atoms with van der Waals surface area (Å²) in [5.74, 6) is 6.34. The Morgan fingerprint density at radius 3 is 2.60 bits per heavy atom. The third-order valence-electron chi connectivity index (χ3n) is 2.20. The van der Waals surface area contributed by atoms with E-state index in [9.17, 15) is 0 Å². The standard InChI is InChI=1S/C12H18N2O/c1-3-5-12(14-13)10-6-8-11(9-7-10)15-4-2/h3,6-9,12,14H,1,4-5,13H2,2H3. The molecule has 0 fully saturated rings. The summed E-state index contributed by atoms with van der Waals surface area (Å²) in [6.45, 7) is 6.35. The SMILES string of the molecule is C=CCC(NN)c1ccc(OCC)cc1. The molecular formula is C12H18N2O. The fourth-order valence-corrected chi connectivity index (χ4v) is 1.43. The van der Waals surface area contributed by atoms with Gasteiger partial charge in [-0.3, -0.25) is 11.3 Å². The van der Waals surface area contributed by atoms with Crippen LogP contribution in [-0.4, -0.2) is 6.61 Å². The van der Waals surface area contributed by atoms with Gasteiger partial charge < -0.3 is 4.74 Å². The van der Waals surface area contributed by atoms with Crippen molar-refractivity contribution in [2.24, 2.45) is 5.84 Å². The van der Waals surface area contributed by atoms with Gasteiger partial charge in [-0.1, -0.05) is 18.2 Å². The van der Waals surface area contributed by atoms with E-state index in [0.717, 1.165) is 17.7 Å². The van der Waals surface area contributed by atoms with Crippen LogP contribution in [0.25, 0.3) is 0 Å². The molecule has 0 radical (unpaired) electrons. The zero-order valence-corrected chi connectivity index (χ0v) is 9.07. The van der Waals surface area contributed by atoms with Crippen LogP contribution in [0.15, 0.2) is 36.9 Å². The maximum absolute atomic E-state index is 5.46. The molecule has 15 heavy (non-hydrogen) atoms. The van der Waals surface area contributed by atoms with Gasteiger partial charge in [0.15, 0.2) is 0 Å². The van der Waals surface area contributed by atoms with Crippen LogP contribution >= 0.6 is 0 Å². The monoisotopic (exact) mass is 206 g/mol. The van der Waals surface area contributed by atoms with E-state index in [0.29, 0.717) is 6.61 Å². The third kappa shape index (κ3) is 3.38. The van der Waals surface area contributed by atoms with Crippen LogP contribution in [0.1, 0.15) is 24.9 Å². The fraction of sp³-hybridized carbons (Fsp3) is 0.333. The van der Waals surface area contributed by atoms with Crippen molar-refractivity contribution in [3.05, 3.63) is 42.5 Å². The number of hydrogen-bond acceptors (Lipinski definition) is 3. The highest BCUT2D eigenvalue weighted by Gasteiger charge is 2.06. The third-order valence-corrected chi connectivity index (χ3v) is 2.20. The highest BCUT2D eigenvalue weighted by Crippen LogP contribution is 2.19. The van der Waals surface area contributed by atoms with Crippen molar-refractivity contribution in [1.29, 1.82) is 0 Å². The molecule has 1 unspecified atom stereocenters. The molecule has 0 aliphatic rings. The lowest BCUT2D eigenvalue weighted by atomic mass is 10.0. The molecule has 0 amide bonds. The molecule has 3 N–H and O–H groups in total. The average Bonchev–Trinajstić information content (AvgIpc) is 2.28. The highest BCUT2D eigenvalue weighted by molar-refractivity contribution is 5.29. The van der Waals surface area contributed by atoms with E-state index >= 15 is 0 Å². The zero-order chi connectivity index (χ0) is 11.1. The van der Waals surface area contributed by atoms with E-state index < -0.39 is 0 Å². The number of nitrogens with two attached hydrogens (primary N) is 1. The van der Waals surface area contributed by atoms with Crippen LogP contribution in [0.5, 0.6) is 5.75 Å². The minimum atomic E-state index is 0.123. The van der Waals surface area contributed by atoms with Crippen molar-refractivity contribution >= 4 is 0 Å². The molecule has 0 saturated carbocycles. The lowest BCUT2D eigenvalue weighted by Crippen LogP contribution is -2.27. The second-order valence-electron chi connectivity index (χ2n) is 3.25. The smallest absolute Gasteiger partial charge is 0.119 e. The van der Waals surface area contributed by atoms with Crippen molar-refractivity contribution in [2.45, 2.75) is 19.4 Å². The molecule has 0 aromatic heterocycles. The quantitative estimate of drug-likeness (QED) is 0.426. The molecule has 0 aliphatic heterocycles. The predicted molar refractivity (Wildman–Crippen MR) is 62.5 cm³/mol. The van der Waals surface area contributed by atoms with Crippen LogP contribution in [0.4, 0.5) is 0 Å². The predicted octanol–water partition coefficient (Wildman–Crippen LogP) is 2.17. The lowest BCUT2D eigenvalue weighted by molar-refractivity contribution is 0.340. The molecule has 1 aromatic rings. The molecule has 0 spiro atoms. The maximum Gasteiger partial charge on any atom is 0.119 e. The number of hydrazine groups is 1. The minimum absolute atomic E-state index is 0.123. The van der Waals surface area contributed by atoms with Gasteiger partial charge in [-0.15, -0.1) is 6.58 Å². The van der Waals surface area contributed by atoms with Gasteiger partial charge in [0.2, 0.25) is 0 Å². The fourth-order valence-electron chi connectivity index (χ4n) is 1.43. The summed E-state index contributed by atoms with van der Waals surface area (Å²) in [5.41, 5.74) is 3.90. The molecular weight excluding hydrogens is 188 g/mol. The molecule has 1 aromatic carbocycles. The first-order valence-corrected chi connectivity index (χ1v) is 5.11. The number of nitrogens with one attached hydrogen (secondary N) is 1. The lowest BCUT2D eigenvalue weighted by Gasteiger charge is -2.14. The number of benzene rings is 1. The Labute approximate surface area is 90.9 Å². The van der Waals surface area contributed by atoms with Gasteiger partial charge in [0, 0.05) is 6.04 Å². The molecule has 1 atom stereocenters. The van der Waals surface area contributed by atoms with Crippen molar-refractivity contribution in [2.75, 3.05) is 6.61 Å². The van der Waals surface area contributed by atoms with Gasteiger partial charge in [0.25, 0.3) is 0 Å². The van der Waals surface area contributed by atoms with Gasteiger partial charge in [-0.2, -0.15) is 0 Å². The zero-order valence-electron chi connectivity index (χ0n) is 9.07. The first kappa shape index (κ1) is 11.8. The van der Waals surface area contributed by atoms with Crippen molar-refractivity contribution in [1.82, 2.24) is 5.43 Å². The average molecular weight is 206 g/mol. The summed E-state index contributed by atoms with van der Waals surface area (Å²) < 4.78 is 5.36. The van der Waals surface area contributed by atoms with Gasteiger partial charge in [0.1, 0.15) is 5.75 Å². The molecule has 3 heteroatoms. The van der Waals surface area contributed by atoms with Crippen molar-refractivity contribution in [3.63, 3.8) is 0 Å². The molecule has 1 rings (SSSR count). The van der Waals surface area contributed by atoms with Gasteiger partial charge in [0.05, 0.1) is 6.61 Å². The highest BCUT2D eigenvalue weighted by atomic mass is 16.5. The Hall–Kier alpha value is -1.32. The normalized spacial score (nSPS) is 12.1. The summed E-state index contributed by atoms with van der Waals surface area (Å²) >= 11 is 0.